The molecule has 148 valence electrons. The fourth-order valence-electron chi connectivity index (χ4n) is 2.31. The Morgan fingerprint density at radius 3 is 2.00 bits per heavy atom. The van der Waals surface area contributed by atoms with Crippen LogP contribution in [0.4, 0.5) is 22.0 Å². The van der Waals surface area contributed by atoms with Gasteiger partial charge < -0.3 is 4.74 Å². The topological polar surface area (TPSA) is 50.7 Å². The van der Waals surface area contributed by atoms with Crippen LogP contribution in [0.2, 0.25) is 0 Å². The molecular weight excluding hydrogens is 395 g/mol. The van der Waals surface area contributed by atoms with E-state index in [-0.39, 0.29) is 11.3 Å². The van der Waals surface area contributed by atoms with E-state index in [2.05, 4.69) is 5.10 Å². The van der Waals surface area contributed by atoms with E-state index in [1.807, 2.05) is 5.43 Å². The second-order valence-electron chi connectivity index (χ2n) is 5.59. The first-order valence-electron chi connectivity index (χ1n) is 8.07. The smallest absolute Gasteiger partial charge is 0.275 e. The molecule has 0 saturated carbocycles. The SMILES string of the molecule is O=C(NN=Cc1c(F)c(F)c(F)c(F)c1F)c1ccccc1Oc1ccccc1. The van der Waals surface area contributed by atoms with Crippen molar-refractivity contribution in [2.24, 2.45) is 5.10 Å². The summed E-state index contributed by atoms with van der Waals surface area (Å²) in [5, 5.41) is 3.28. The Morgan fingerprint density at radius 1 is 0.793 bits per heavy atom. The van der Waals surface area contributed by atoms with Gasteiger partial charge in [0.05, 0.1) is 17.3 Å². The van der Waals surface area contributed by atoms with Crippen molar-refractivity contribution in [3.8, 4) is 11.5 Å². The summed E-state index contributed by atoms with van der Waals surface area (Å²) in [5.41, 5.74) is 0.711. The fourth-order valence-corrected chi connectivity index (χ4v) is 2.31. The summed E-state index contributed by atoms with van der Waals surface area (Å²) in [6.45, 7) is 0. The minimum absolute atomic E-state index is 0.0333. The molecule has 0 bridgehead atoms. The number of nitrogens with zero attached hydrogens (tertiary/aromatic N) is 1. The number of benzene rings is 3. The van der Waals surface area contributed by atoms with Crippen LogP contribution < -0.4 is 10.2 Å². The molecule has 3 aromatic carbocycles. The molecule has 3 rings (SSSR count). The van der Waals surface area contributed by atoms with Crippen molar-refractivity contribution < 1.29 is 31.5 Å². The standard InChI is InChI=1S/C20H11F5N2O2/c21-15-13(16(22)18(24)19(25)17(15)23)10-26-27-20(28)12-8-4-5-9-14(12)29-11-6-2-1-3-7-11/h1-10H,(H,27,28). The molecule has 9 heteroatoms. The zero-order valence-electron chi connectivity index (χ0n) is 14.4. The Balaban J connectivity index is 1.81. The van der Waals surface area contributed by atoms with E-state index in [1.54, 1.807) is 42.5 Å². The Bertz CT molecular complexity index is 1060. The normalized spacial score (nSPS) is 10.9. The molecule has 0 radical (unpaired) electrons. The van der Waals surface area contributed by atoms with Gasteiger partial charge in [0.25, 0.3) is 5.91 Å². The maximum atomic E-state index is 13.6. The van der Waals surface area contributed by atoms with Gasteiger partial charge in [-0.1, -0.05) is 30.3 Å². The first-order valence-corrected chi connectivity index (χ1v) is 8.07. The van der Waals surface area contributed by atoms with E-state index in [1.165, 1.54) is 12.1 Å². The van der Waals surface area contributed by atoms with Gasteiger partial charge in [-0.15, -0.1) is 0 Å². The molecular formula is C20H11F5N2O2. The molecule has 1 N–H and O–H groups in total. The highest BCUT2D eigenvalue weighted by atomic mass is 19.2. The Morgan fingerprint density at radius 2 is 1.34 bits per heavy atom. The van der Waals surface area contributed by atoms with Crippen molar-refractivity contribution in [2.75, 3.05) is 0 Å². The summed E-state index contributed by atoms with van der Waals surface area (Å²) in [4.78, 5) is 12.3. The highest BCUT2D eigenvalue weighted by Crippen LogP contribution is 2.25. The first-order chi connectivity index (χ1) is 13.9. The second kappa shape index (κ2) is 8.51. The molecule has 4 nitrogen and oxygen atoms in total. The fraction of sp³-hybridized carbons (Fsp3) is 0. The van der Waals surface area contributed by atoms with Gasteiger partial charge in [-0.2, -0.15) is 5.10 Å². The molecule has 0 aliphatic heterocycles. The van der Waals surface area contributed by atoms with Crippen LogP contribution in [-0.4, -0.2) is 12.1 Å². The molecule has 29 heavy (non-hydrogen) atoms. The van der Waals surface area contributed by atoms with E-state index in [0.717, 1.165) is 0 Å². The number of halogens is 5. The molecule has 0 heterocycles. The Hall–Kier alpha value is -3.75. The maximum Gasteiger partial charge on any atom is 0.275 e. The molecule has 0 spiro atoms. The van der Waals surface area contributed by atoms with Crippen LogP contribution >= 0.6 is 0 Å². The summed E-state index contributed by atoms with van der Waals surface area (Å²) in [5.74, 6) is -10.8. The number of ether oxygens (including phenoxy) is 1. The molecule has 0 atom stereocenters. The zero-order chi connectivity index (χ0) is 21.0. The van der Waals surface area contributed by atoms with E-state index in [0.29, 0.717) is 12.0 Å². The predicted octanol–water partition coefficient (Wildman–Crippen LogP) is 4.94. The number of nitrogens with one attached hydrogen (secondary N) is 1. The van der Waals surface area contributed by atoms with Gasteiger partial charge >= 0.3 is 0 Å². The maximum absolute atomic E-state index is 13.6. The number of carbonyl (C=O) groups is 1. The molecule has 0 fully saturated rings. The molecule has 1 amide bonds. The van der Waals surface area contributed by atoms with Crippen LogP contribution in [0.1, 0.15) is 15.9 Å². The van der Waals surface area contributed by atoms with Crippen molar-refractivity contribution in [1.29, 1.82) is 0 Å². The Kier molecular flexibility index (Phi) is 5.87. The summed E-state index contributed by atoms with van der Waals surface area (Å²) in [6, 6.07) is 14.6. The largest absolute Gasteiger partial charge is 0.457 e. The zero-order valence-corrected chi connectivity index (χ0v) is 14.4. The highest BCUT2D eigenvalue weighted by molar-refractivity contribution is 5.97. The quantitative estimate of drug-likeness (QED) is 0.215. The van der Waals surface area contributed by atoms with Crippen molar-refractivity contribution in [1.82, 2.24) is 5.43 Å². The molecule has 0 aromatic heterocycles. The molecule has 0 aliphatic rings. The van der Waals surface area contributed by atoms with Gasteiger partial charge in [0.15, 0.2) is 23.3 Å². The van der Waals surface area contributed by atoms with Gasteiger partial charge in [-0.25, -0.2) is 27.4 Å². The summed E-state index contributed by atoms with van der Waals surface area (Å²) < 4.78 is 72.2. The van der Waals surface area contributed by atoms with Crippen LogP contribution in [0.3, 0.4) is 0 Å². The number of hydrogen-bond donors (Lipinski definition) is 1. The third-order valence-corrected chi connectivity index (χ3v) is 3.71. The van der Waals surface area contributed by atoms with E-state index in [4.69, 9.17) is 4.74 Å². The van der Waals surface area contributed by atoms with Crippen LogP contribution in [0.5, 0.6) is 11.5 Å². The number of hydrogen-bond acceptors (Lipinski definition) is 3. The lowest BCUT2D eigenvalue weighted by Gasteiger charge is -2.10. The van der Waals surface area contributed by atoms with Crippen molar-refractivity contribution >= 4 is 12.1 Å². The first kappa shape index (κ1) is 20.0. The van der Waals surface area contributed by atoms with E-state index >= 15 is 0 Å². The Labute approximate surface area is 161 Å². The van der Waals surface area contributed by atoms with Gasteiger partial charge in [-0.05, 0) is 24.3 Å². The third-order valence-electron chi connectivity index (χ3n) is 3.71. The average Bonchev–Trinajstić information content (AvgIpc) is 2.74. The molecule has 3 aromatic rings. The summed E-state index contributed by atoms with van der Waals surface area (Å²) in [6.07, 6.45) is 0.328. The molecule has 0 unspecified atom stereocenters. The van der Waals surface area contributed by atoms with Crippen molar-refractivity contribution in [2.45, 2.75) is 0 Å². The lowest BCUT2D eigenvalue weighted by Crippen LogP contribution is -2.19. The summed E-state index contributed by atoms with van der Waals surface area (Å²) in [7, 11) is 0. The minimum Gasteiger partial charge on any atom is -0.457 e. The van der Waals surface area contributed by atoms with Crippen LogP contribution in [-0.2, 0) is 0 Å². The number of carbonyl (C=O) groups excluding carboxylic acids is 1. The van der Waals surface area contributed by atoms with Crippen LogP contribution in [0.25, 0.3) is 0 Å². The number of amides is 1. The molecule has 0 saturated heterocycles. The summed E-state index contributed by atoms with van der Waals surface area (Å²) >= 11 is 0. The average molecular weight is 406 g/mol. The number of para-hydroxylation sites is 2. The van der Waals surface area contributed by atoms with E-state index < -0.39 is 40.6 Å². The van der Waals surface area contributed by atoms with Gasteiger partial charge in [0.2, 0.25) is 5.82 Å². The van der Waals surface area contributed by atoms with Crippen molar-refractivity contribution in [3.63, 3.8) is 0 Å². The lowest BCUT2D eigenvalue weighted by atomic mass is 10.2. The van der Waals surface area contributed by atoms with Crippen LogP contribution in [0, 0.1) is 29.1 Å². The predicted molar refractivity (Wildman–Crippen MR) is 94.3 cm³/mol. The number of rotatable bonds is 5. The molecule has 0 aliphatic carbocycles. The third kappa shape index (κ3) is 4.23. The van der Waals surface area contributed by atoms with Gasteiger partial charge in [0, 0.05) is 0 Å². The second-order valence-corrected chi connectivity index (χ2v) is 5.59. The lowest BCUT2D eigenvalue weighted by molar-refractivity contribution is 0.0953. The monoisotopic (exact) mass is 406 g/mol. The highest BCUT2D eigenvalue weighted by Gasteiger charge is 2.24. The van der Waals surface area contributed by atoms with Gasteiger partial charge in [-0.3, -0.25) is 4.79 Å². The minimum atomic E-state index is -2.28. The van der Waals surface area contributed by atoms with Gasteiger partial charge in [0.1, 0.15) is 11.5 Å². The van der Waals surface area contributed by atoms with Crippen LogP contribution in [0.15, 0.2) is 59.7 Å². The van der Waals surface area contributed by atoms with E-state index in [9.17, 15) is 26.7 Å². The number of hydrazone groups is 1. The van der Waals surface area contributed by atoms with Crippen molar-refractivity contribution in [3.05, 3.63) is 94.8 Å².